The molecular weight excluding hydrogens is 504 g/mol. The number of ether oxygens (including phenoxy) is 1. The van der Waals surface area contributed by atoms with Crippen molar-refractivity contribution < 1.29 is 9.53 Å². The first-order valence-electron chi connectivity index (χ1n) is 14.1. The van der Waals surface area contributed by atoms with E-state index < -0.39 is 0 Å². The zero-order valence-corrected chi connectivity index (χ0v) is 26.9. The molecule has 1 amide bonds. The summed E-state index contributed by atoms with van der Waals surface area (Å²) in [6, 6.07) is 33.8. The molecule has 0 fully saturated rings. The van der Waals surface area contributed by atoms with Gasteiger partial charge in [0.2, 0.25) is 5.91 Å². The monoisotopic (exact) mass is 554 g/mol. The van der Waals surface area contributed by atoms with Gasteiger partial charge >= 0.3 is 0 Å². The molecule has 0 heterocycles. The van der Waals surface area contributed by atoms with Crippen molar-refractivity contribution in [3.63, 3.8) is 0 Å². The van der Waals surface area contributed by atoms with Crippen LogP contribution in [0, 0.1) is 34.6 Å². The standard InChI is InChI=1S/C14H14.C10H15NO.C8H10.C5H11NO/c1-11-3-7-13(8-4-11)14-9-5-12(2)6-10-14;1-9-4-6-10(7-5-9)12-8-11(2)3;1-7-3-5-8(2)6-4-7;1-4-5(7)6(2)3/h3-10H,1-2H3;4-7H,8H2,1-3H3;3-6H,1-2H3;4H2,1-3H3. The number of carbonyl (C=O) groups is 1. The molecule has 0 saturated carbocycles. The van der Waals surface area contributed by atoms with Crippen LogP contribution in [0.3, 0.4) is 0 Å². The van der Waals surface area contributed by atoms with Crippen LogP contribution in [0.4, 0.5) is 0 Å². The van der Waals surface area contributed by atoms with Gasteiger partial charge in [-0.1, -0.05) is 120 Å². The van der Waals surface area contributed by atoms with Crippen LogP contribution in [-0.2, 0) is 4.79 Å². The van der Waals surface area contributed by atoms with E-state index in [9.17, 15) is 4.79 Å². The summed E-state index contributed by atoms with van der Waals surface area (Å²) in [5, 5.41) is 0. The topological polar surface area (TPSA) is 32.8 Å². The summed E-state index contributed by atoms with van der Waals surface area (Å²) >= 11 is 0. The zero-order valence-electron chi connectivity index (χ0n) is 26.9. The number of benzene rings is 4. The van der Waals surface area contributed by atoms with Crippen LogP contribution in [0.15, 0.2) is 97.1 Å². The maximum atomic E-state index is 10.4. The summed E-state index contributed by atoms with van der Waals surface area (Å²) in [5.74, 6) is 1.11. The molecule has 0 radical (unpaired) electrons. The first-order valence-corrected chi connectivity index (χ1v) is 14.1. The largest absolute Gasteiger partial charge is 0.478 e. The molecule has 0 N–H and O–H groups in total. The molecule has 0 aliphatic carbocycles. The van der Waals surface area contributed by atoms with Gasteiger partial charge in [0.25, 0.3) is 0 Å². The highest BCUT2D eigenvalue weighted by Crippen LogP contribution is 2.19. The van der Waals surface area contributed by atoms with Crippen molar-refractivity contribution in [2.45, 2.75) is 48.0 Å². The van der Waals surface area contributed by atoms with E-state index in [0.717, 1.165) is 5.75 Å². The SMILES string of the molecule is CCC(=O)N(C)C.Cc1ccc(-c2ccc(C)cc2)cc1.Cc1ccc(C)cc1.Cc1ccc(OCN(C)C)cc1. The van der Waals surface area contributed by atoms with Gasteiger partial charge in [0.15, 0.2) is 0 Å². The normalized spacial score (nSPS) is 9.73. The molecule has 4 nitrogen and oxygen atoms in total. The average molecular weight is 555 g/mol. The van der Waals surface area contributed by atoms with Crippen LogP contribution in [0.5, 0.6) is 5.75 Å². The van der Waals surface area contributed by atoms with Gasteiger partial charge in [-0.25, -0.2) is 0 Å². The van der Waals surface area contributed by atoms with E-state index in [1.807, 2.05) is 50.2 Å². The fourth-order valence-electron chi connectivity index (χ4n) is 3.28. The summed E-state index contributed by atoms with van der Waals surface area (Å²) in [6.07, 6.45) is 0.604. The molecule has 0 spiro atoms. The number of nitrogens with zero attached hydrogens (tertiary/aromatic N) is 2. The molecule has 0 atom stereocenters. The van der Waals surface area contributed by atoms with E-state index in [2.05, 4.69) is 107 Å². The molecule has 0 aliphatic heterocycles. The molecule has 4 aromatic carbocycles. The van der Waals surface area contributed by atoms with E-state index in [-0.39, 0.29) is 5.91 Å². The quantitative estimate of drug-likeness (QED) is 0.231. The first kappa shape index (κ1) is 35.1. The molecule has 0 saturated heterocycles. The lowest BCUT2D eigenvalue weighted by Gasteiger charge is -2.11. The smallest absolute Gasteiger partial charge is 0.221 e. The van der Waals surface area contributed by atoms with Crippen LogP contribution < -0.4 is 4.74 Å². The van der Waals surface area contributed by atoms with Crippen LogP contribution >= 0.6 is 0 Å². The number of hydrogen-bond donors (Lipinski definition) is 0. The molecule has 0 bridgehead atoms. The highest BCUT2D eigenvalue weighted by molar-refractivity contribution is 5.75. The van der Waals surface area contributed by atoms with E-state index in [0.29, 0.717) is 13.2 Å². The van der Waals surface area contributed by atoms with Gasteiger partial charge in [-0.15, -0.1) is 0 Å². The Balaban J connectivity index is 0.000000285. The molecule has 0 unspecified atom stereocenters. The van der Waals surface area contributed by atoms with Gasteiger partial charge in [-0.2, -0.15) is 0 Å². The molecule has 0 aliphatic rings. The van der Waals surface area contributed by atoms with E-state index in [4.69, 9.17) is 4.74 Å². The van der Waals surface area contributed by atoms with Gasteiger partial charge in [0, 0.05) is 20.5 Å². The van der Waals surface area contributed by atoms with Crippen LogP contribution in [0.2, 0.25) is 0 Å². The Morgan fingerprint density at radius 2 is 0.829 bits per heavy atom. The second kappa shape index (κ2) is 19.2. The van der Waals surface area contributed by atoms with Gasteiger partial charge in [-0.3, -0.25) is 9.69 Å². The molecule has 4 rings (SSSR count). The van der Waals surface area contributed by atoms with Gasteiger partial charge < -0.3 is 9.64 Å². The lowest BCUT2D eigenvalue weighted by molar-refractivity contribution is -0.128. The lowest BCUT2D eigenvalue weighted by atomic mass is 10.0. The van der Waals surface area contributed by atoms with Crippen LogP contribution in [0.25, 0.3) is 11.1 Å². The summed E-state index contributed by atoms with van der Waals surface area (Å²) in [4.78, 5) is 14.0. The summed E-state index contributed by atoms with van der Waals surface area (Å²) in [6.45, 7) is 13.0. The Morgan fingerprint density at radius 1 is 0.537 bits per heavy atom. The van der Waals surface area contributed by atoms with Crippen molar-refractivity contribution in [3.8, 4) is 16.9 Å². The molecule has 4 aromatic rings. The minimum Gasteiger partial charge on any atom is -0.478 e. The third-order valence-corrected chi connectivity index (χ3v) is 5.97. The Labute approximate surface area is 249 Å². The number of rotatable bonds is 5. The Kier molecular flexibility index (Phi) is 16.5. The predicted molar refractivity (Wildman–Crippen MR) is 177 cm³/mol. The minimum atomic E-state index is 0.181. The second-order valence-electron chi connectivity index (χ2n) is 10.7. The number of carbonyl (C=O) groups excluding carboxylic acids is 1. The number of aryl methyl sites for hydroxylation is 5. The molecule has 0 aromatic heterocycles. The average Bonchev–Trinajstić information content (AvgIpc) is 2.96. The Morgan fingerprint density at radius 3 is 1.07 bits per heavy atom. The fraction of sp³-hybridized carbons (Fsp3) is 0.324. The summed E-state index contributed by atoms with van der Waals surface area (Å²) in [7, 11) is 7.47. The van der Waals surface area contributed by atoms with Crippen LogP contribution in [0.1, 0.15) is 41.2 Å². The second-order valence-corrected chi connectivity index (χ2v) is 10.7. The Bertz CT molecular complexity index is 1180. The van der Waals surface area contributed by atoms with Crippen molar-refractivity contribution in [2.24, 2.45) is 0 Å². The maximum absolute atomic E-state index is 10.4. The van der Waals surface area contributed by atoms with Gasteiger partial charge in [0.05, 0.1) is 0 Å². The maximum Gasteiger partial charge on any atom is 0.221 e. The van der Waals surface area contributed by atoms with Crippen molar-refractivity contribution in [3.05, 3.63) is 125 Å². The number of hydrogen-bond acceptors (Lipinski definition) is 3. The third kappa shape index (κ3) is 16.1. The van der Waals surface area contributed by atoms with Gasteiger partial charge in [0.1, 0.15) is 12.5 Å². The molecule has 41 heavy (non-hydrogen) atoms. The summed E-state index contributed by atoms with van der Waals surface area (Å²) in [5.41, 5.74) is 9.10. The van der Waals surface area contributed by atoms with Gasteiger partial charge in [-0.05, 0) is 72.0 Å². The minimum absolute atomic E-state index is 0.181. The molecule has 4 heteroatoms. The third-order valence-electron chi connectivity index (χ3n) is 5.97. The fourth-order valence-corrected chi connectivity index (χ4v) is 3.28. The predicted octanol–water partition coefficient (Wildman–Crippen LogP) is 8.65. The lowest BCUT2D eigenvalue weighted by Crippen LogP contribution is -2.19. The molecular formula is C37H50N2O2. The van der Waals surface area contributed by atoms with Crippen molar-refractivity contribution in [1.82, 2.24) is 9.80 Å². The van der Waals surface area contributed by atoms with Crippen LogP contribution in [-0.4, -0.2) is 50.6 Å². The van der Waals surface area contributed by atoms with E-state index >= 15 is 0 Å². The van der Waals surface area contributed by atoms with Crippen molar-refractivity contribution >= 4 is 5.91 Å². The van der Waals surface area contributed by atoms with Crippen molar-refractivity contribution in [1.29, 1.82) is 0 Å². The van der Waals surface area contributed by atoms with E-state index in [1.165, 1.54) is 38.9 Å². The summed E-state index contributed by atoms with van der Waals surface area (Å²) < 4.78 is 5.45. The van der Waals surface area contributed by atoms with E-state index in [1.54, 1.807) is 19.0 Å². The van der Waals surface area contributed by atoms with Crippen molar-refractivity contribution in [2.75, 3.05) is 34.9 Å². The number of amides is 1. The highest BCUT2D eigenvalue weighted by atomic mass is 16.5. The highest BCUT2D eigenvalue weighted by Gasteiger charge is 1.96. The molecule has 220 valence electrons. The first-order chi connectivity index (χ1) is 19.4. The zero-order chi connectivity index (χ0) is 30.8. The Hall–Kier alpha value is -3.89.